The van der Waals surface area contributed by atoms with Gasteiger partial charge in [0.05, 0.1) is 24.1 Å². The van der Waals surface area contributed by atoms with E-state index in [1.807, 2.05) is 24.3 Å². The number of alkyl halides is 3. The average Bonchev–Trinajstić information content (AvgIpc) is 3.64. The van der Waals surface area contributed by atoms with Crippen LogP contribution in [0.15, 0.2) is 54.9 Å². The van der Waals surface area contributed by atoms with Crippen LogP contribution in [0, 0.1) is 23.1 Å². The normalized spacial score (nSPS) is 14.4. The minimum Gasteiger partial charge on any atom is -0.363 e. The molecule has 1 aliphatic rings. The zero-order chi connectivity index (χ0) is 23.4. The standard InChI is InChI=1S/C24H21F4N5/c25-20-22(30-13-16-3-1-15(2-4-16)11-12-29)31-14-32-23(20)33-21(17-5-6-17)18-7-9-19(10-8-18)24(26,27)28/h1-4,7-10,14,17,21H,5-6,11,13H2,(H2,30,31,32,33). The molecule has 1 saturated carbocycles. The van der Waals surface area contributed by atoms with Gasteiger partial charge in [-0.3, -0.25) is 0 Å². The van der Waals surface area contributed by atoms with Crippen molar-refractivity contribution in [3.8, 4) is 6.07 Å². The van der Waals surface area contributed by atoms with E-state index < -0.39 is 17.6 Å². The summed E-state index contributed by atoms with van der Waals surface area (Å²) < 4.78 is 53.7. The molecule has 0 aliphatic heterocycles. The van der Waals surface area contributed by atoms with Crippen LogP contribution < -0.4 is 10.6 Å². The Bertz CT molecular complexity index is 1130. The third kappa shape index (κ3) is 5.58. The molecule has 0 spiro atoms. The highest BCUT2D eigenvalue weighted by molar-refractivity contribution is 5.51. The van der Waals surface area contributed by atoms with Gasteiger partial charge in [0.25, 0.3) is 0 Å². The van der Waals surface area contributed by atoms with E-state index in [0.717, 1.165) is 36.1 Å². The molecule has 0 bridgehead atoms. The Kier molecular flexibility index (Phi) is 6.45. The van der Waals surface area contributed by atoms with Gasteiger partial charge in [0.2, 0.25) is 5.82 Å². The molecule has 5 nitrogen and oxygen atoms in total. The van der Waals surface area contributed by atoms with Gasteiger partial charge in [0.1, 0.15) is 6.33 Å². The molecule has 1 heterocycles. The first kappa shape index (κ1) is 22.5. The monoisotopic (exact) mass is 455 g/mol. The molecule has 1 fully saturated rings. The highest BCUT2D eigenvalue weighted by atomic mass is 19.4. The lowest BCUT2D eigenvalue weighted by atomic mass is 10.0. The number of aromatic nitrogens is 2. The summed E-state index contributed by atoms with van der Waals surface area (Å²) in [5, 5.41) is 14.8. The van der Waals surface area contributed by atoms with Gasteiger partial charge in [-0.2, -0.15) is 22.8 Å². The fourth-order valence-electron chi connectivity index (χ4n) is 3.58. The molecule has 4 rings (SSSR count). The number of anilines is 2. The van der Waals surface area contributed by atoms with Crippen molar-refractivity contribution in [3.63, 3.8) is 0 Å². The van der Waals surface area contributed by atoms with Crippen molar-refractivity contribution >= 4 is 11.6 Å². The predicted octanol–water partition coefficient (Wildman–Crippen LogP) is 5.88. The molecule has 0 saturated heterocycles. The number of nitrogens with one attached hydrogen (secondary N) is 2. The molecule has 3 aromatic rings. The summed E-state index contributed by atoms with van der Waals surface area (Å²) >= 11 is 0. The minimum atomic E-state index is -4.41. The van der Waals surface area contributed by atoms with Gasteiger partial charge in [-0.25, -0.2) is 9.97 Å². The molecule has 33 heavy (non-hydrogen) atoms. The number of nitriles is 1. The van der Waals surface area contributed by atoms with Gasteiger partial charge in [0, 0.05) is 6.54 Å². The number of hydrogen-bond acceptors (Lipinski definition) is 5. The van der Waals surface area contributed by atoms with Crippen LogP contribution in [0.5, 0.6) is 0 Å². The van der Waals surface area contributed by atoms with Crippen molar-refractivity contribution in [1.82, 2.24) is 9.97 Å². The van der Waals surface area contributed by atoms with Crippen LogP contribution in [0.4, 0.5) is 29.2 Å². The third-order valence-corrected chi connectivity index (χ3v) is 5.54. The van der Waals surface area contributed by atoms with E-state index >= 15 is 4.39 Å². The van der Waals surface area contributed by atoms with E-state index in [4.69, 9.17) is 5.26 Å². The van der Waals surface area contributed by atoms with Crippen molar-refractivity contribution in [2.24, 2.45) is 5.92 Å². The number of rotatable bonds is 8. The van der Waals surface area contributed by atoms with Crippen LogP contribution >= 0.6 is 0 Å². The fourth-order valence-corrected chi connectivity index (χ4v) is 3.58. The maximum absolute atomic E-state index is 15.1. The third-order valence-electron chi connectivity index (χ3n) is 5.54. The van der Waals surface area contributed by atoms with Crippen LogP contribution in [0.2, 0.25) is 0 Å². The predicted molar refractivity (Wildman–Crippen MR) is 116 cm³/mol. The maximum atomic E-state index is 15.1. The zero-order valence-electron chi connectivity index (χ0n) is 17.5. The zero-order valence-corrected chi connectivity index (χ0v) is 17.5. The fraction of sp³-hybridized carbons (Fsp3) is 0.292. The van der Waals surface area contributed by atoms with E-state index in [0.29, 0.717) is 18.5 Å². The van der Waals surface area contributed by atoms with Gasteiger partial charge in [0.15, 0.2) is 11.6 Å². The lowest BCUT2D eigenvalue weighted by molar-refractivity contribution is -0.137. The van der Waals surface area contributed by atoms with E-state index in [-0.39, 0.29) is 23.6 Å². The lowest BCUT2D eigenvalue weighted by Crippen LogP contribution is -2.16. The SMILES string of the molecule is N#CCc1ccc(CNc2ncnc(NC(c3ccc(C(F)(F)F)cc3)C3CC3)c2F)cc1. The smallest absolute Gasteiger partial charge is 0.363 e. The molecule has 1 aliphatic carbocycles. The summed E-state index contributed by atoms with van der Waals surface area (Å²) in [5.41, 5.74) is 1.72. The van der Waals surface area contributed by atoms with Crippen LogP contribution in [0.1, 0.15) is 41.1 Å². The Labute approximate surface area is 188 Å². The Morgan fingerprint density at radius 3 is 2.21 bits per heavy atom. The number of hydrogen-bond donors (Lipinski definition) is 2. The summed E-state index contributed by atoms with van der Waals surface area (Å²) in [6.07, 6.45) is -1.04. The van der Waals surface area contributed by atoms with E-state index in [2.05, 4.69) is 26.7 Å². The van der Waals surface area contributed by atoms with Gasteiger partial charge >= 0.3 is 6.18 Å². The highest BCUT2D eigenvalue weighted by Gasteiger charge is 2.35. The second-order valence-corrected chi connectivity index (χ2v) is 7.97. The number of benzene rings is 2. The second-order valence-electron chi connectivity index (χ2n) is 7.97. The van der Waals surface area contributed by atoms with Crippen LogP contribution in [0.3, 0.4) is 0 Å². The molecule has 9 heteroatoms. The van der Waals surface area contributed by atoms with Crippen LogP contribution in [-0.4, -0.2) is 9.97 Å². The topological polar surface area (TPSA) is 73.6 Å². The first-order chi connectivity index (χ1) is 15.8. The van der Waals surface area contributed by atoms with Gasteiger partial charge in [-0.05, 0) is 47.6 Å². The van der Waals surface area contributed by atoms with Gasteiger partial charge < -0.3 is 10.6 Å². The molecule has 1 atom stereocenters. The minimum absolute atomic E-state index is 0.00586. The lowest BCUT2D eigenvalue weighted by Gasteiger charge is -2.21. The summed E-state index contributed by atoms with van der Waals surface area (Å²) in [4.78, 5) is 7.99. The Morgan fingerprint density at radius 2 is 1.61 bits per heavy atom. The Hall–Kier alpha value is -3.67. The Balaban J connectivity index is 1.47. The van der Waals surface area contributed by atoms with Crippen molar-refractivity contribution in [2.75, 3.05) is 10.6 Å². The van der Waals surface area contributed by atoms with E-state index in [1.165, 1.54) is 18.5 Å². The first-order valence-electron chi connectivity index (χ1n) is 10.5. The Morgan fingerprint density at radius 1 is 0.970 bits per heavy atom. The van der Waals surface area contributed by atoms with E-state index in [1.54, 1.807) is 0 Å². The van der Waals surface area contributed by atoms with Gasteiger partial charge in [-0.1, -0.05) is 36.4 Å². The molecule has 1 unspecified atom stereocenters. The average molecular weight is 455 g/mol. The summed E-state index contributed by atoms with van der Waals surface area (Å²) in [6.45, 7) is 0.325. The van der Waals surface area contributed by atoms with Crippen LogP contribution in [-0.2, 0) is 19.1 Å². The summed E-state index contributed by atoms with van der Waals surface area (Å²) in [5.74, 6) is -0.445. The number of nitrogens with zero attached hydrogens (tertiary/aromatic N) is 3. The first-order valence-corrected chi connectivity index (χ1v) is 10.5. The summed E-state index contributed by atoms with van der Waals surface area (Å²) in [7, 11) is 0. The van der Waals surface area contributed by atoms with E-state index in [9.17, 15) is 13.2 Å². The number of halogens is 4. The molecule has 170 valence electrons. The molecular formula is C24H21F4N5. The highest BCUT2D eigenvalue weighted by Crippen LogP contribution is 2.43. The molecule has 0 radical (unpaired) electrons. The molecular weight excluding hydrogens is 434 g/mol. The van der Waals surface area contributed by atoms with Crippen molar-refractivity contribution in [3.05, 3.63) is 82.9 Å². The largest absolute Gasteiger partial charge is 0.416 e. The second kappa shape index (κ2) is 9.45. The van der Waals surface area contributed by atoms with Crippen molar-refractivity contribution in [1.29, 1.82) is 5.26 Å². The van der Waals surface area contributed by atoms with Gasteiger partial charge in [-0.15, -0.1) is 0 Å². The molecule has 1 aromatic heterocycles. The molecule has 2 aromatic carbocycles. The molecule has 0 amide bonds. The maximum Gasteiger partial charge on any atom is 0.416 e. The van der Waals surface area contributed by atoms with Crippen molar-refractivity contribution in [2.45, 2.75) is 38.0 Å². The van der Waals surface area contributed by atoms with Crippen LogP contribution in [0.25, 0.3) is 0 Å². The summed E-state index contributed by atoms with van der Waals surface area (Å²) in [6, 6.07) is 14.0. The quantitative estimate of drug-likeness (QED) is 0.415. The molecule has 2 N–H and O–H groups in total. The van der Waals surface area contributed by atoms with Crippen molar-refractivity contribution < 1.29 is 17.6 Å².